The first-order chi connectivity index (χ1) is 26.0. The molecule has 0 saturated carbocycles. The molecule has 1 heterocycles. The summed E-state index contributed by atoms with van der Waals surface area (Å²) in [5.74, 6) is 0.911. The van der Waals surface area contributed by atoms with Gasteiger partial charge in [-0.25, -0.2) is 0 Å². The Hall–Kier alpha value is -1.78. The molecule has 0 aromatic carbocycles. The van der Waals surface area contributed by atoms with Crippen molar-refractivity contribution in [2.75, 3.05) is 0 Å². The summed E-state index contributed by atoms with van der Waals surface area (Å²) in [4.78, 5) is 25.3. The average Bonchev–Trinajstić information content (AvgIpc) is 3.40. The van der Waals surface area contributed by atoms with Crippen LogP contribution in [0.2, 0.25) is 0 Å². The topological polar surface area (TPSA) is 65.7 Å². The number of carbonyl (C=O) groups is 2. The van der Waals surface area contributed by atoms with Gasteiger partial charge in [0.1, 0.15) is 11.5 Å². The van der Waals surface area contributed by atoms with Gasteiger partial charge >= 0.3 is 11.9 Å². The first-order valence-corrected chi connectivity index (χ1v) is 23.5. The number of hydrogen-bond acceptors (Lipinski definition) is 5. The molecule has 0 aliphatic heterocycles. The second kappa shape index (κ2) is 37.2. The molecule has 1 aromatic rings. The fourth-order valence-corrected chi connectivity index (χ4v) is 7.55. The highest BCUT2D eigenvalue weighted by molar-refractivity contribution is 5.77. The second-order valence-corrected chi connectivity index (χ2v) is 16.3. The molecule has 0 atom stereocenters. The summed E-state index contributed by atoms with van der Waals surface area (Å²) in [5, 5.41) is 0. The maximum atomic E-state index is 12.6. The number of carbonyl (C=O) groups excluding carboxylic acids is 2. The zero-order valence-corrected chi connectivity index (χ0v) is 35.9. The minimum absolute atomic E-state index is 0.265. The Morgan fingerprint density at radius 2 is 0.528 bits per heavy atom. The molecule has 0 saturated heterocycles. The van der Waals surface area contributed by atoms with Gasteiger partial charge in [0.25, 0.3) is 0 Å². The number of aryl methyl sites for hydroxylation is 2. The Kier molecular flexibility index (Phi) is 34.5. The maximum Gasteiger partial charge on any atom is 0.311 e. The van der Waals surface area contributed by atoms with Crippen molar-refractivity contribution in [3.63, 3.8) is 0 Å². The summed E-state index contributed by atoms with van der Waals surface area (Å²) in [6.45, 7) is 8.07. The van der Waals surface area contributed by atoms with E-state index in [0.717, 1.165) is 38.5 Å². The van der Waals surface area contributed by atoms with Gasteiger partial charge in [-0.2, -0.15) is 0 Å². The van der Waals surface area contributed by atoms with Crippen molar-refractivity contribution in [1.29, 1.82) is 0 Å². The van der Waals surface area contributed by atoms with Crippen LogP contribution in [0.5, 0.6) is 11.5 Å². The lowest BCUT2D eigenvalue weighted by Gasteiger charge is -2.08. The van der Waals surface area contributed by atoms with E-state index in [1.54, 1.807) is 13.8 Å². The maximum absolute atomic E-state index is 12.6. The van der Waals surface area contributed by atoms with Crippen LogP contribution < -0.4 is 9.47 Å². The van der Waals surface area contributed by atoms with E-state index in [2.05, 4.69) is 13.8 Å². The summed E-state index contributed by atoms with van der Waals surface area (Å²) in [6, 6.07) is 0. The third-order valence-corrected chi connectivity index (χ3v) is 11.1. The lowest BCUT2D eigenvalue weighted by Crippen LogP contribution is -2.12. The molecule has 5 nitrogen and oxygen atoms in total. The van der Waals surface area contributed by atoms with Crippen LogP contribution in [-0.4, -0.2) is 11.9 Å². The van der Waals surface area contributed by atoms with Crippen LogP contribution in [-0.2, 0) is 9.59 Å². The molecule has 310 valence electrons. The zero-order valence-electron chi connectivity index (χ0n) is 35.9. The highest BCUT2D eigenvalue weighted by Crippen LogP contribution is 2.38. The van der Waals surface area contributed by atoms with Crippen molar-refractivity contribution in [3.8, 4) is 11.5 Å². The van der Waals surface area contributed by atoms with E-state index in [1.807, 2.05) is 0 Å². The summed E-state index contributed by atoms with van der Waals surface area (Å²) >= 11 is 0. The van der Waals surface area contributed by atoms with Crippen molar-refractivity contribution in [1.82, 2.24) is 0 Å². The molecule has 0 N–H and O–H groups in total. The van der Waals surface area contributed by atoms with E-state index in [9.17, 15) is 9.59 Å². The second-order valence-electron chi connectivity index (χ2n) is 16.3. The molecular weight excluding hydrogens is 657 g/mol. The van der Waals surface area contributed by atoms with Gasteiger partial charge in [0.05, 0.1) is 0 Å². The van der Waals surface area contributed by atoms with Gasteiger partial charge in [-0.3, -0.25) is 9.59 Å². The quantitative estimate of drug-likeness (QED) is 0.0494. The highest BCUT2D eigenvalue weighted by Gasteiger charge is 2.23. The summed E-state index contributed by atoms with van der Waals surface area (Å²) in [5.41, 5.74) is 0. The van der Waals surface area contributed by atoms with Crippen LogP contribution in [0.3, 0.4) is 0 Å². The summed E-state index contributed by atoms with van der Waals surface area (Å²) in [7, 11) is 0. The van der Waals surface area contributed by atoms with E-state index in [4.69, 9.17) is 13.9 Å². The molecule has 53 heavy (non-hydrogen) atoms. The minimum atomic E-state index is -0.286. The minimum Gasteiger partial charge on any atom is -0.459 e. The SMILES string of the molecule is CCCCCCCCCCCCCCCCCCCCC(=O)Oc1c(C)oc(C)c1OC(=O)CCCCCCCCCCCCCCCCCCCC. The number of hydrogen-bond donors (Lipinski definition) is 0. The average molecular weight is 745 g/mol. The monoisotopic (exact) mass is 745 g/mol. The lowest BCUT2D eigenvalue weighted by molar-refractivity contribution is -0.137. The van der Waals surface area contributed by atoms with E-state index < -0.39 is 0 Å². The zero-order chi connectivity index (χ0) is 38.5. The van der Waals surface area contributed by atoms with E-state index in [1.165, 1.54) is 193 Å². The Labute approximate surface area is 329 Å². The molecule has 0 aliphatic carbocycles. The molecule has 0 aliphatic rings. The molecule has 5 heteroatoms. The van der Waals surface area contributed by atoms with Gasteiger partial charge in [-0.1, -0.05) is 232 Å². The normalized spacial score (nSPS) is 11.4. The molecule has 1 aromatic heterocycles. The fourth-order valence-electron chi connectivity index (χ4n) is 7.55. The number of furan rings is 1. The standard InChI is InChI=1S/C48H88O5/c1-5-7-9-11-13-15-17-19-21-23-25-27-29-31-33-35-37-39-41-45(49)52-47-43(3)51-44(4)48(47)53-46(50)42-40-38-36-34-32-30-28-26-24-22-20-18-16-14-12-10-8-6-2/h5-42H2,1-4H3. The number of unbranched alkanes of at least 4 members (excludes halogenated alkanes) is 34. The fraction of sp³-hybridized carbons (Fsp3) is 0.875. The van der Waals surface area contributed by atoms with Crippen LogP contribution in [0.4, 0.5) is 0 Å². The molecule has 0 bridgehead atoms. The predicted molar refractivity (Wildman–Crippen MR) is 226 cm³/mol. The molecule has 0 fully saturated rings. The van der Waals surface area contributed by atoms with Gasteiger partial charge < -0.3 is 13.9 Å². The van der Waals surface area contributed by atoms with Crippen LogP contribution >= 0.6 is 0 Å². The van der Waals surface area contributed by atoms with Gasteiger partial charge in [-0.15, -0.1) is 0 Å². The van der Waals surface area contributed by atoms with Gasteiger partial charge in [0.15, 0.2) is 0 Å². The van der Waals surface area contributed by atoms with Crippen molar-refractivity contribution in [2.24, 2.45) is 0 Å². The first kappa shape index (κ1) is 49.2. The van der Waals surface area contributed by atoms with Crippen molar-refractivity contribution >= 4 is 11.9 Å². The predicted octanol–water partition coefficient (Wildman–Crippen LogP) is 16.6. The van der Waals surface area contributed by atoms with Crippen LogP contribution in [0, 0.1) is 13.8 Å². The largest absolute Gasteiger partial charge is 0.459 e. The van der Waals surface area contributed by atoms with E-state index in [-0.39, 0.29) is 23.4 Å². The van der Waals surface area contributed by atoms with Crippen LogP contribution in [0.1, 0.15) is 269 Å². The Bertz CT molecular complexity index is 891. The van der Waals surface area contributed by atoms with E-state index >= 15 is 0 Å². The van der Waals surface area contributed by atoms with Crippen LogP contribution in [0.15, 0.2) is 4.42 Å². The molecule has 0 spiro atoms. The smallest absolute Gasteiger partial charge is 0.311 e. The van der Waals surface area contributed by atoms with E-state index in [0.29, 0.717) is 24.4 Å². The molecule has 0 radical (unpaired) electrons. The number of rotatable bonds is 40. The van der Waals surface area contributed by atoms with Crippen molar-refractivity contribution in [2.45, 2.75) is 272 Å². The van der Waals surface area contributed by atoms with Crippen molar-refractivity contribution in [3.05, 3.63) is 11.5 Å². The molecule has 0 unspecified atom stereocenters. The molecule has 1 rings (SSSR count). The first-order valence-electron chi connectivity index (χ1n) is 23.5. The molecular formula is C48H88O5. The molecule has 0 amide bonds. The van der Waals surface area contributed by atoms with Crippen molar-refractivity contribution < 1.29 is 23.5 Å². The lowest BCUT2D eigenvalue weighted by atomic mass is 10.0. The third kappa shape index (κ3) is 30.2. The Balaban J connectivity index is 2.01. The van der Waals surface area contributed by atoms with Gasteiger partial charge in [0, 0.05) is 12.8 Å². The van der Waals surface area contributed by atoms with Gasteiger partial charge in [-0.05, 0) is 26.7 Å². The van der Waals surface area contributed by atoms with Crippen LogP contribution in [0.25, 0.3) is 0 Å². The Morgan fingerprint density at radius 1 is 0.340 bits per heavy atom. The Morgan fingerprint density at radius 3 is 0.736 bits per heavy atom. The third-order valence-electron chi connectivity index (χ3n) is 11.1. The summed E-state index contributed by atoms with van der Waals surface area (Å²) in [6.07, 6.45) is 48.3. The van der Waals surface area contributed by atoms with Gasteiger partial charge in [0.2, 0.25) is 11.5 Å². The highest BCUT2D eigenvalue weighted by atomic mass is 16.6. The summed E-state index contributed by atoms with van der Waals surface area (Å²) < 4.78 is 17.0. The number of esters is 2. The number of ether oxygens (including phenoxy) is 2.